The Morgan fingerprint density at radius 3 is 1.23 bits per heavy atom. The van der Waals surface area contributed by atoms with Gasteiger partial charge in [0, 0.05) is 11.1 Å². The number of piperidine rings is 2. The molecule has 2 aromatic carbocycles. The standard InChI is InChI=1S/C18H25NO3.C14H17NO3.C11H20O2/c1-18(2,3)22-17(21)15-9-11-19(12-10-15)13-16(20)14-7-5-4-6-8-14;16-13(11-4-2-1-3-5-11)10-15-8-6-12(7-9-15)14(17)18;1-11(2,3)13-10(12)9-7-5-4-6-8-9/h4-8,15H,9-13H2,1-3H3;1-5,12H,6-10H2,(H,17,18);9H,4-8H2,1-3H3. The van der Waals surface area contributed by atoms with Gasteiger partial charge in [0.2, 0.25) is 0 Å². The van der Waals surface area contributed by atoms with Crippen molar-refractivity contribution in [1.82, 2.24) is 9.80 Å². The molecule has 5 rings (SSSR count). The van der Waals surface area contributed by atoms with E-state index in [0.29, 0.717) is 39.0 Å². The third kappa shape index (κ3) is 16.8. The number of ketones is 2. The lowest BCUT2D eigenvalue weighted by Gasteiger charge is -2.32. The molecule has 3 aliphatic rings. The third-order valence-electron chi connectivity index (χ3n) is 9.54. The number of carboxylic acids is 1. The predicted molar refractivity (Wildman–Crippen MR) is 206 cm³/mol. The van der Waals surface area contributed by atoms with Gasteiger partial charge in [-0.3, -0.25) is 33.8 Å². The van der Waals surface area contributed by atoms with Crippen molar-refractivity contribution in [1.29, 1.82) is 0 Å². The summed E-state index contributed by atoms with van der Waals surface area (Å²) in [4.78, 5) is 62.8. The first kappa shape index (κ1) is 43.5. The summed E-state index contributed by atoms with van der Waals surface area (Å²) in [6.45, 7) is 15.2. The molecule has 10 nitrogen and oxygen atoms in total. The van der Waals surface area contributed by atoms with Crippen LogP contribution in [-0.2, 0) is 23.9 Å². The zero-order valence-electron chi connectivity index (χ0n) is 32.8. The molecule has 1 N–H and O–H groups in total. The fraction of sp³-hybridized carbons (Fsp3) is 0.605. The summed E-state index contributed by atoms with van der Waals surface area (Å²) in [5.41, 5.74) is 0.709. The average Bonchev–Trinajstić information content (AvgIpc) is 3.12. The monoisotopic (exact) mass is 734 g/mol. The summed E-state index contributed by atoms with van der Waals surface area (Å²) in [6, 6.07) is 18.6. The van der Waals surface area contributed by atoms with Crippen LogP contribution in [0.1, 0.15) is 120 Å². The summed E-state index contributed by atoms with van der Waals surface area (Å²) >= 11 is 0. The molecule has 53 heavy (non-hydrogen) atoms. The van der Waals surface area contributed by atoms with Gasteiger partial charge in [-0.25, -0.2) is 0 Å². The first-order valence-electron chi connectivity index (χ1n) is 19.3. The van der Waals surface area contributed by atoms with E-state index in [0.717, 1.165) is 49.9 Å². The first-order chi connectivity index (χ1) is 25.0. The van der Waals surface area contributed by atoms with Gasteiger partial charge in [0.25, 0.3) is 0 Å². The van der Waals surface area contributed by atoms with E-state index in [2.05, 4.69) is 4.90 Å². The molecule has 2 heterocycles. The van der Waals surface area contributed by atoms with Crippen LogP contribution < -0.4 is 0 Å². The van der Waals surface area contributed by atoms with Crippen LogP contribution in [0.5, 0.6) is 0 Å². The van der Waals surface area contributed by atoms with Crippen LogP contribution in [0.3, 0.4) is 0 Å². The molecule has 0 atom stereocenters. The van der Waals surface area contributed by atoms with Gasteiger partial charge in [-0.2, -0.15) is 0 Å². The summed E-state index contributed by atoms with van der Waals surface area (Å²) in [7, 11) is 0. The van der Waals surface area contributed by atoms with Crippen LogP contribution in [0.15, 0.2) is 60.7 Å². The van der Waals surface area contributed by atoms with Gasteiger partial charge in [0.15, 0.2) is 11.6 Å². The molecule has 0 bridgehead atoms. The highest BCUT2D eigenvalue weighted by Crippen LogP contribution is 2.26. The Bertz CT molecular complexity index is 1440. The number of hydrogen-bond donors (Lipinski definition) is 1. The maximum atomic E-state index is 12.2. The van der Waals surface area contributed by atoms with Crippen LogP contribution in [0, 0.1) is 17.8 Å². The van der Waals surface area contributed by atoms with Crippen molar-refractivity contribution in [2.45, 2.75) is 111 Å². The summed E-state index contributed by atoms with van der Waals surface area (Å²) in [5.74, 6) is -0.693. The molecule has 0 unspecified atom stereocenters. The number of hydrogen-bond acceptors (Lipinski definition) is 9. The van der Waals surface area contributed by atoms with E-state index < -0.39 is 11.6 Å². The summed E-state index contributed by atoms with van der Waals surface area (Å²) < 4.78 is 10.8. The van der Waals surface area contributed by atoms with Crippen LogP contribution in [0.4, 0.5) is 0 Å². The fourth-order valence-corrected chi connectivity index (χ4v) is 6.61. The van der Waals surface area contributed by atoms with Gasteiger partial charge >= 0.3 is 17.9 Å². The topological polar surface area (TPSA) is 131 Å². The normalized spacial score (nSPS) is 18.0. The number of Topliss-reactive ketones (excluding diaryl/α,β-unsaturated/α-hetero) is 2. The zero-order valence-corrected chi connectivity index (χ0v) is 32.8. The SMILES string of the molecule is CC(C)(C)OC(=O)C1CCCCC1.CC(C)(C)OC(=O)C1CCN(CC(=O)c2ccccc2)CC1.O=C(CN1CCC(C(=O)O)CC1)c1ccccc1. The molecular weight excluding hydrogens is 672 g/mol. The molecule has 3 fully saturated rings. The number of benzene rings is 2. The van der Waals surface area contributed by atoms with Crippen molar-refractivity contribution >= 4 is 29.5 Å². The quantitative estimate of drug-likeness (QED) is 0.204. The average molecular weight is 735 g/mol. The number of rotatable bonds is 9. The lowest BCUT2D eigenvalue weighted by molar-refractivity contribution is -0.162. The van der Waals surface area contributed by atoms with Gasteiger partial charge in [-0.15, -0.1) is 0 Å². The maximum Gasteiger partial charge on any atom is 0.309 e. The molecule has 0 spiro atoms. The largest absolute Gasteiger partial charge is 0.481 e. The maximum absolute atomic E-state index is 12.2. The number of ether oxygens (including phenoxy) is 2. The Balaban J connectivity index is 0.000000221. The minimum Gasteiger partial charge on any atom is -0.481 e. The van der Waals surface area contributed by atoms with Crippen LogP contribution in [-0.4, -0.2) is 94.9 Å². The summed E-state index contributed by atoms with van der Waals surface area (Å²) in [6.07, 6.45) is 8.49. The number of nitrogens with zero attached hydrogens (tertiary/aromatic N) is 2. The van der Waals surface area contributed by atoms with Gasteiger partial charge in [-0.1, -0.05) is 79.9 Å². The van der Waals surface area contributed by atoms with Crippen molar-refractivity contribution in [2.24, 2.45) is 17.8 Å². The second-order valence-corrected chi connectivity index (χ2v) is 16.4. The third-order valence-corrected chi connectivity index (χ3v) is 9.54. The Kier molecular flexibility index (Phi) is 17.3. The minimum absolute atomic E-state index is 0.00667. The van der Waals surface area contributed by atoms with Crippen molar-refractivity contribution in [3.63, 3.8) is 0 Å². The molecule has 0 amide bonds. The smallest absolute Gasteiger partial charge is 0.309 e. The van der Waals surface area contributed by atoms with Gasteiger partial charge in [-0.05, 0) is 106 Å². The van der Waals surface area contributed by atoms with Crippen molar-refractivity contribution in [3.8, 4) is 0 Å². The molecule has 1 saturated carbocycles. The number of esters is 2. The molecular formula is C43H62N2O8. The summed E-state index contributed by atoms with van der Waals surface area (Å²) in [5, 5.41) is 8.90. The van der Waals surface area contributed by atoms with E-state index in [-0.39, 0.29) is 46.9 Å². The zero-order chi connectivity index (χ0) is 39.0. The highest BCUT2D eigenvalue weighted by molar-refractivity contribution is 5.98. The van der Waals surface area contributed by atoms with Crippen molar-refractivity contribution in [3.05, 3.63) is 71.8 Å². The van der Waals surface area contributed by atoms with Crippen LogP contribution >= 0.6 is 0 Å². The van der Waals surface area contributed by atoms with Gasteiger partial charge in [0.05, 0.1) is 30.8 Å². The van der Waals surface area contributed by atoms with E-state index in [1.54, 1.807) is 0 Å². The predicted octanol–water partition coefficient (Wildman–Crippen LogP) is 7.50. The Morgan fingerprint density at radius 1 is 0.547 bits per heavy atom. The Morgan fingerprint density at radius 2 is 0.887 bits per heavy atom. The first-order valence-corrected chi connectivity index (χ1v) is 19.3. The van der Waals surface area contributed by atoms with E-state index in [4.69, 9.17) is 14.6 Å². The number of aliphatic carboxylic acids is 1. The number of carbonyl (C=O) groups excluding carboxylic acids is 4. The Labute approximate surface area is 316 Å². The van der Waals surface area contributed by atoms with Crippen LogP contribution in [0.2, 0.25) is 0 Å². The lowest BCUT2D eigenvalue weighted by Crippen LogP contribution is -2.40. The molecule has 10 heteroatoms. The van der Waals surface area contributed by atoms with E-state index in [1.165, 1.54) is 19.3 Å². The van der Waals surface area contributed by atoms with E-state index >= 15 is 0 Å². The van der Waals surface area contributed by atoms with Gasteiger partial charge < -0.3 is 14.6 Å². The molecule has 0 radical (unpaired) electrons. The molecule has 2 aromatic rings. The van der Waals surface area contributed by atoms with E-state index in [1.807, 2.05) is 107 Å². The molecule has 0 aromatic heterocycles. The number of likely N-dealkylation sites (tertiary alicyclic amines) is 2. The highest BCUT2D eigenvalue weighted by Gasteiger charge is 2.30. The fourth-order valence-electron chi connectivity index (χ4n) is 6.61. The van der Waals surface area contributed by atoms with Crippen molar-refractivity contribution < 1.29 is 38.6 Å². The second-order valence-electron chi connectivity index (χ2n) is 16.4. The molecule has 2 aliphatic heterocycles. The number of carbonyl (C=O) groups is 5. The van der Waals surface area contributed by atoms with Crippen molar-refractivity contribution in [2.75, 3.05) is 39.3 Å². The molecule has 292 valence electrons. The lowest BCUT2D eigenvalue weighted by atomic mass is 9.89. The van der Waals surface area contributed by atoms with E-state index in [9.17, 15) is 24.0 Å². The van der Waals surface area contributed by atoms with Gasteiger partial charge in [0.1, 0.15) is 11.2 Å². The highest BCUT2D eigenvalue weighted by atomic mass is 16.6. The minimum atomic E-state index is -0.718. The molecule has 2 saturated heterocycles. The Hall–Kier alpha value is -3.89. The molecule has 1 aliphatic carbocycles. The second kappa shape index (κ2) is 21.1. The van der Waals surface area contributed by atoms with Crippen LogP contribution in [0.25, 0.3) is 0 Å². The number of carboxylic acid groups (broad SMARTS) is 1.